The van der Waals surface area contributed by atoms with E-state index in [1.807, 2.05) is 6.92 Å². The highest BCUT2D eigenvalue weighted by Crippen LogP contribution is 2.24. The van der Waals surface area contributed by atoms with Crippen molar-refractivity contribution in [2.24, 2.45) is 5.92 Å². The van der Waals surface area contributed by atoms with Crippen molar-refractivity contribution in [2.75, 3.05) is 18.4 Å². The Hall–Kier alpha value is -1.40. The second-order valence-corrected chi connectivity index (χ2v) is 7.85. The van der Waals surface area contributed by atoms with Gasteiger partial charge in [0, 0.05) is 25.2 Å². The molecule has 0 saturated carbocycles. The summed E-state index contributed by atoms with van der Waals surface area (Å²) in [5, 5.41) is 2.76. The molecule has 0 radical (unpaired) electrons. The maximum Gasteiger partial charge on any atom is 0.243 e. The van der Waals surface area contributed by atoms with Crippen LogP contribution in [0.25, 0.3) is 0 Å². The highest BCUT2D eigenvalue weighted by Gasteiger charge is 2.27. The number of amides is 1. The lowest BCUT2D eigenvalue weighted by Crippen LogP contribution is -2.37. The van der Waals surface area contributed by atoms with Crippen LogP contribution in [0.5, 0.6) is 0 Å². The molecule has 1 amide bonds. The summed E-state index contributed by atoms with van der Waals surface area (Å²) in [6.45, 7) is 5.25. The Labute approximate surface area is 132 Å². The predicted molar refractivity (Wildman–Crippen MR) is 87.1 cm³/mol. The number of nitrogens with zero attached hydrogens (tertiary/aromatic N) is 1. The molecule has 1 aromatic rings. The van der Waals surface area contributed by atoms with E-state index in [2.05, 4.69) is 12.2 Å². The summed E-state index contributed by atoms with van der Waals surface area (Å²) in [7, 11) is -3.42. The van der Waals surface area contributed by atoms with Gasteiger partial charge in [0.25, 0.3) is 0 Å². The van der Waals surface area contributed by atoms with E-state index in [1.54, 1.807) is 28.6 Å². The molecule has 1 saturated heterocycles. The molecule has 0 aromatic heterocycles. The predicted octanol–water partition coefficient (Wildman–Crippen LogP) is 2.85. The maximum atomic E-state index is 12.6. The first-order chi connectivity index (χ1) is 10.4. The van der Waals surface area contributed by atoms with Gasteiger partial charge in [0.15, 0.2) is 0 Å². The van der Waals surface area contributed by atoms with Crippen molar-refractivity contribution < 1.29 is 13.2 Å². The minimum Gasteiger partial charge on any atom is -0.326 e. The van der Waals surface area contributed by atoms with Gasteiger partial charge < -0.3 is 5.32 Å². The summed E-state index contributed by atoms with van der Waals surface area (Å²) in [6, 6.07) is 6.42. The van der Waals surface area contributed by atoms with E-state index in [-0.39, 0.29) is 10.8 Å². The Balaban J connectivity index is 2.07. The first-order valence-corrected chi connectivity index (χ1v) is 9.27. The number of hydrogen-bond donors (Lipinski definition) is 1. The highest BCUT2D eigenvalue weighted by atomic mass is 32.2. The van der Waals surface area contributed by atoms with E-state index in [9.17, 15) is 13.2 Å². The number of carbonyl (C=O) groups excluding carboxylic acids is 1. The summed E-state index contributed by atoms with van der Waals surface area (Å²) in [5.74, 6) is 0.533. The number of rotatable bonds is 5. The fourth-order valence-electron chi connectivity index (χ4n) is 2.54. The summed E-state index contributed by atoms with van der Waals surface area (Å²) in [6.07, 6.45) is 3.06. The third-order valence-electron chi connectivity index (χ3n) is 4.00. The highest BCUT2D eigenvalue weighted by molar-refractivity contribution is 7.89. The zero-order valence-electron chi connectivity index (χ0n) is 13.2. The number of nitrogens with one attached hydrogen (secondary N) is 1. The van der Waals surface area contributed by atoms with Gasteiger partial charge in [-0.1, -0.05) is 13.8 Å². The van der Waals surface area contributed by atoms with Gasteiger partial charge in [0.05, 0.1) is 4.90 Å². The average Bonchev–Trinajstić information content (AvgIpc) is 2.48. The molecule has 0 aliphatic carbocycles. The minimum absolute atomic E-state index is 0.0527. The van der Waals surface area contributed by atoms with Crippen molar-refractivity contribution in [3.8, 4) is 0 Å². The van der Waals surface area contributed by atoms with Crippen LogP contribution in [0.15, 0.2) is 29.2 Å². The SMILES string of the molecule is CCCC(=O)Nc1ccc(S(=O)(=O)N2CCC(C)CC2)cc1. The number of benzene rings is 1. The fraction of sp³-hybridized carbons (Fsp3) is 0.562. The summed E-state index contributed by atoms with van der Waals surface area (Å²) in [4.78, 5) is 11.8. The summed E-state index contributed by atoms with van der Waals surface area (Å²) >= 11 is 0. The molecule has 6 heteroatoms. The second-order valence-electron chi connectivity index (χ2n) is 5.91. The molecule has 1 N–H and O–H groups in total. The van der Waals surface area contributed by atoms with Gasteiger partial charge in [-0.25, -0.2) is 8.42 Å². The van der Waals surface area contributed by atoms with Crippen molar-refractivity contribution in [1.82, 2.24) is 4.31 Å². The standard InChI is InChI=1S/C16H24N2O3S/c1-3-4-16(19)17-14-5-7-15(8-6-14)22(20,21)18-11-9-13(2)10-12-18/h5-8,13H,3-4,9-12H2,1-2H3,(H,17,19). The first kappa shape index (κ1) is 17.0. The molecule has 0 atom stereocenters. The topological polar surface area (TPSA) is 66.5 Å². The van der Waals surface area contributed by atoms with Gasteiger partial charge in [-0.3, -0.25) is 4.79 Å². The number of piperidine rings is 1. The molecule has 2 rings (SSSR count). The van der Waals surface area contributed by atoms with Crippen molar-refractivity contribution in [3.63, 3.8) is 0 Å². The Morgan fingerprint density at radius 2 is 1.82 bits per heavy atom. The molecule has 1 heterocycles. The smallest absolute Gasteiger partial charge is 0.243 e. The van der Waals surface area contributed by atoms with Gasteiger partial charge in [-0.05, 0) is 49.4 Å². The Morgan fingerprint density at radius 1 is 1.23 bits per heavy atom. The van der Waals surface area contributed by atoms with E-state index in [1.165, 1.54) is 0 Å². The molecule has 22 heavy (non-hydrogen) atoms. The third-order valence-corrected chi connectivity index (χ3v) is 5.91. The lowest BCUT2D eigenvalue weighted by molar-refractivity contribution is -0.116. The Kier molecular flexibility index (Phi) is 5.58. The third kappa shape index (κ3) is 4.08. The lowest BCUT2D eigenvalue weighted by atomic mass is 10.0. The van der Waals surface area contributed by atoms with Crippen LogP contribution >= 0.6 is 0 Å². The van der Waals surface area contributed by atoms with E-state index in [0.29, 0.717) is 31.1 Å². The largest absolute Gasteiger partial charge is 0.326 e. The normalized spacial score (nSPS) is 17.4. The van der Waals surface area contributed by atoms with Crippen molar-refractivity contribution in [3.05, 3.63) is 24.3 Å². The Bertz CT molecular complexity index is 603. The maximum absolute atomic E-state index is 12.6. The summed E-state index contributed by atoms with van der Waals surface area (Å²) < 4.78 is 26.7. The van der Waals surface area contributed by atoms with Crippen LogP contribution in [0.3, 0.4) is 0 Å². The van der Waals surface area contributed by atoms with Crippen LogP contribution in [0.4, 0.5) is 5.69 Å². The molecule has 1 fully saturated rings. The van der Waals surface area contributed by atoms with Gasteiger partial charge in [0.1, 0.15) is 0 Å². The monoisotopic (exact) mass is 324 g/mol. The Morgan fingerprint density at radius 3 is 2.36 bits per heavy atom. The van der Waals surface area contributed by atoms with E-state index in [4.69, 9.17) is 0 Å². The van der Waals surface area contributed by atoms with Crippen molar-refractivity contribution in [1.29, 1.82) is 0 Å². The van der Waals surface area contributed by atoms with Crippen molar-refractivity contribution >= 4 is 21.6 Å². The molecule has 122 valence electrons. The minimum atomic E-state index is -3.42. The zero-order valence-corrected chi connectivity index (χ0v) is 14.0. The molecule has 0 unspecified atom stereocenters. The number of hydrogen-bond acceptors (Lipinski definition) is 3. The van der Waals surface area contributed by atoms with E-state index in [0.717, 1.165) is 19.3 Å². The molecule has 0 spiro atoms. The lowest BCUT2D eigenvalue weighted by Gasteiger charge is -2.29. The van der Waals surface area contributed by atoms with Crippen LogP contribution in [0.2, 0.25) is 0 Å². The number of anilines is 1. The fourth-order valence-corrected chi connectivity index (χ4v) is 4.00. The molecule has 1 aromatic carbocycles. The van der Waals surface area contributed by atoms with Gasteiger partial charge in [0.2, 0.25) is 15.9 Å². The van der Waals surface area contributed by atoms with Crippen LogP contribution in [-0.2, 0) is 14.8 Å². The van der Waals surface area contributed by atoms with Crippen LogP contribution in [0, 0.1) is 5.92 Å². The van der Waals surface area contributed by atoms with Crippen molar-refractivity contribution in [2.45, 2.75) is 44.4 Å². The first-order valence-electron chi connectivity index (χ1n) is 7.83. The quantitative estimate of drug-likeness (QED) is 0.905. The summed E-state index contributed by atoms with van der Waals surface area (Å²) in [5.41, 5.74) is 0.629. The molecular formula is C16H24N2O3S. The van der Waals surface area contributed by atoms with Crippen LogP contribution in [0.1, 0.15) is 39.5 Å². The second kappa shape index (κ2) is 7.24. The molecule has 1 aliphatic rings. The number of sulfonamides is 1. The molecular weight excluding hydrogens is 300 g/mol. The number of carbonyl (C=O) groups is 1. The van der Waals surface area contributed by atoms with Crippen LogP contribution in [-0.4, -0.2) is 31.7 Å². The van der Waals surface area contributed by atoms with Crippen LogP contribution < -0.4 is 5.32 Å². The van der Waals surface area contributed by atoms with Gasteiger partial charge in [-0.15, -0.1) is 0 Å². The van der Waals surface area contributed by atoms with Gasteiger partial charge in [-0.2, -0.15) is 4.31 Å². The molecule has 1 aliphatic heterocycles. The van der Waals surface area contributed by atoms with Gasteiger partial charge >= 0.3 is 0 Å². The average molecular weight is 324 g/mol. The van der Waals surface area contributed by atoms with E-state index < -0.39 is 10.0 Å². The van der Waals surface area contributed by atoms with E-state index >= 15 is 0 Å². The molecule has 0 bridgehead atoms. The zero-order chi connectivity index (χ0) is 16.2. The molecule has 5 nitrogen and oxygen atoms in total.